The van der Waals surface area contributed by atoms with E-state index in [2.05, 4.69) is 5.32 Å². The van der Waals surface area contributed by atoms with Gasteiger partial charge in [-0.1, -0.05) is 18.2 Å². The van der Waals surface area contributed by atoms with Crippen LogP contribution in [0.3, 0.4) is 0 Å². The van der Waals surface area contributed by atoms with Crippen molar-refractivity contribution in [2.24, 2.45) is 0 Å². The van der Waals surface area contributed by atoms with Gasteiger partial charge in [0.05, 0.1) is 32.0 Å². The van der Waals surface area contributed by atoms with Crippen LogP contribution in [0.5, 0.6) is 0 Å². The normalized spacial score (nSPS) is 25.5. The van der Waals surface area contributed by atoms with Crippen molar-refractivity contribution in [2.45, 2.75) is 18.8 Å². The number of aliphatic hydroxyl groups is 2. The fourth-order valence-corrected chi connectivity index (χ4v) is 1.68. The van der Waals surface area contributed by atoms with Crippen LogP contribution in [0.4, 0.5) is 5.69 Å². The average Bonchev–Trinajstić information content (AvgIpc) is 2.65. The number of rotatable bonds is 3. The van der Waals surface area contributed by atoms with Gasteiger partial charge in [0.15, 0.2) is 0 Å². The van der Waals surface area contributed by atoms with E-state index in [4.69, 9.17) is 9.84 Å². The summed E-state index contributed by atoms with van der Waals surface area (Å²) in [6, 6.07) is 7.42. The van der Waals surface area contributed by atoms with Crippen molar-refractivity contribution in [2.75, 3.05) is 18.5 Å². The monoisotopic (exact) mass is 209 g/mol. The highest BCUT2D eigenvalue weighted by atomic mass is 16.5. The van der Waals surface area contributed by atoms with Gasteiger partial charge in [0.1, 0.15) is 0 Å². The van der Waals surface area contributed by atoms with E-state index in [1.807, 2.05) is 24.3 Å². The molecule has 15 heavy (non-hydrogen) atoms. The molecule has 0 spiro atoms. The molecule has 0 saturated carbocycles. The molecule has 1 aliphatic heterocycles. The van der Waals surface area contributed by atoms with Crippen LogP contribution in [0.1, 0.15) is 5.56 Å². The lowest BCUT2D eigenvalue weighted by Gasteiger charge is -2.17. The van der Waals surface area contributed by atoms with Gasteiger partial charge < -0.3 is 20.3 Å². The first-order valence-corrected chi connectivity index (χ1v) is 5.02. The lowest BCUT2D eigenvalue weighted by atomic mass is 10.1. The summed E-state index contributed by atoms with van der Waals surface area (Å²) in [5.74, 6) is 0. The van der Waals surface area contributed by atoms with Crippen molar-refractivity contribution >= 4 is 5.69 Å². The molecule has 3 N–H and O–H groups in total. The Labute approximate surface area is 88.5 Å². The molecule has 0 aromatic heterocycles. The van der Waals surface area contributed by atoms with Gasteiger partial charge in [0.25, 0.3) is 0 Å². The molecule has 82 valence electrons. The number of ether oxygens (including phenoxy) is 1. The second-order valence-electron chi connectivity index (χ2n) is 3.67. The Hall–Kier alpha value is -1.10. The lowest BCUT2D eigenvalue weighted by molar-refractivity contribution is 0.125. The molecule has 1 aromatic rings. The summed E-state index contributed by atoms with van der Waals surface area (Å²) in [6.07, 6.45) is -0.475. The Balaban J connectivity index is 2.09. The molecule has 0 bridgehead atoms. The minimum atomic E-state index is -0.475. The van der Waals surface area contributed by atoms with E-state index in [0.717, 1.165) is 11.3 Å². The van der Waals surface area contributed by atoms with Crippen molar-refractivity contribution in [1.82, 2.24) is 0 Å². The third-order valence-electron chi connectivity index (χ3n) is 2.58. The van der Waals surface area contributed by atoms with Crippen molar-refractivity contribution in [3.63, 3.8) is 0 Å². The fraction of sp³-hybridized carbons (Fsp3) is 0.455. The molecule has 1 saturated heterocycles. The SMILES string of the molecule is OCc1ccccc1N[C@@H]1COC[C@H]1O. The first kappa shape index (κ1) is 10.4. The Morgan fingerprint density at radius 3 is 2.80 bits per heavy atom. The summed E-state index contributed by atoms with van der Waals surface area (Å²) in [5, 5.41) is 21.9. The Kier molecular flexibility index (Phi) is 3.20. The number of anilines is 1. The molecular weight excluding hydrogens is 194 g/mol. The minimum absolute atomic E-state index is 0.00710. The lowest BCUT2D eigenvalue weighted by Crippen LogP contribution is -2.32. The third kappa shape index (κ3) is 2.28. The largest absolute Gasteiger partial charge is 0.392 e. The molecule has 0 aliphatic carbocycles. The number of para-hydroxylation sites is 1. The molecule has 0 amide bonds. The zero-order valence-electron chi connectivity index (χ0n) is 8.39. The molecule has 0 radical (unpaired) electrons. The molecule has 1 aromatic carbocycles. The van der Waals surface area contributed by atoms with Gasteiger partial charge in [-0.25, -0.2) is 0 Å². The summed E-state index contributed by atoms with van der Waals surface area (Å²) < 4.78 is 5.14. The number of hydrogen-bond acceptors (Lipinski definition) is 4. The van der Waals surface area contributed by atoms with Gasteiger partial charge >= 0.3 is 0 Å². The predicted molar refractivity (Wildman–Crippen MR) is 56.6 cm³/mol. The molecule has 4 heteroatoms. The Bertz CT molecular complexity index is 329. The fourth-order valence-electron chi connectivity index (χ4n) is 1.68. The van der Waals surface area contributed by atoms with Crippen LogP contribution in [0.2, 0.25) is 0 Å². The quantitative estimate of drug-likeness (QED) is 0.672. The highest BCUT2D eigenvalue weighted by molar-refractivity contribution is 5.51. The third-order valence-corrected chi connectivity index (χ3v) is 2.58. The number of hydrogen-bond donors (Lipinski definition) is 3. The van der Waals surface area contributed by atoms with E-state index in [1.165, 1.54) is 0 Å². The van der Waals surface area contributed by atoms with Crippen molar-refractivity contribution in [3.05, 3.63) is 29.8 Å². The number of aliphatic hydroxyl groups excluding tert-OH is 2. The Morgan fingerprint density at radius 1 is 1.33 bits per heavy atom. The van der Waals surface area contributed by atoms with Gasteiger partial charge in [-0.2, -0.15) is 0 Å². The second-order valence-corrected chi connectivity index (χ2v) is 3.67. The minimum Gasteiger partial charge on any atom is -0.392 e. The van der Waals surface area contributed by atoms with Crippen LogP contribution in [0, 0.1) is 0 Å². The van der Waals surface area contributed by atoms with Gasteiger partial charge in [-0.3, -0.25) is 0 Å². The summed E-state index contributed by atoms with van der Waals surface area (Å²) >= 11 is 0. The van der Waals surface area contributed by atoms with E-state index in [9.17, 15) is 5.11 Å². The maximum atomic E-state index is 9.56. The maximum absolute atomic E-state index is 9.56. The molecule has 2 rings (SSSR count). The van der Waals surface area contributed by atoms with Crippen LogP contribution in [-0.2, 0) is 11.3 Å². The molecule has 0 unspecified atom stereocenters. The summed E-state index contributed by atoms with van der Waals surface area (Å²) in [6.45, 7) is 0.868. The van der Waals surface area contributed by atoms with E-state index in [0.29, 0.717) is 13.2 Å². The molecule has 4 nitrogen and oxygen atoms in total. The average molecular weight is 209 g/mol. The zero-order valence-corrected chi connectivity index (χ0v) is 8.39. The number of nitrogens with one attached hydrogen (secondary N) is 1. The Morgan fingerprint density at radius 2 is 2.13 bits per heavy atom. The van der Waals surface area contributed by atoms with E-state index in [1.54, 1.807) is 0 Å². The highest BCUT2D eigenvalue weighted by Crippen LogP contribution is 2.18. The van der Waals surface area contributed by atoms with E-state index >= 15 is 0 Å². The van der Waals surface area contributed by atoms with Gasteiger partial charge in [-0.15, -0.1) is 0 Å². The predicted octanol–water partition coefficient (Wildman–Crippen LogP) is 0.350. The van der Waals surface area contributed by atoms with Gasteiger partial charge in [0.2, 0.25) is 0 Å². The molecule has 1 heterocycles. The smallest absolute Gasteiger partial charge is 0.0996 e. The summed E-state index contributed by atoms with van der Waals surface area (Å²) in [7, 11) is 0. The van der Waals surface area contributed by atoms with Gasteiger partial charge in [0, 0.05) is 11.3 Å². The maximum Gasteiger partial charge on any atom is 0.0996 e. The van der Waals surface area contributed by atoms with Crippen molar-refractivity contribution < 1.29 is 14.9 Å². The highest BCUT2D eigenvalue weighted by Gasteiger charge is 2.26. The van der Waals surface area contributed by atoms with Crippen LogP contribution in [0.25, 0.3) is 0 Å². The molecule has 1 fully saturated rings. The van der Waals surface area contributed by atoms with Crippen molar-refractivity contribution in [3.8, 4) is 0 Å². The van der Waals surface area contributed by atoms with Gasteiger partial charge in [-0.05, 0) is 6.07 Å². The first-order valence-electron chi connectivity index (χ1n) is 5.02. The van der Waals surface area contributed by atoms with Crippen LogP contribution >= 0.6 is 0 Å². The molecule has 1 aliphatic rings. The standard InChI is InChI=1S/C11H15NO3/c13-5-8-3-1-2-4-9(8)12-10-6-15-7-11(10)14/h1-4,10-14H,5-7H2/t10-,11-/m1/s1. The summed E-state index contributed by atoms with van der Waals surface area (Å²) in [4.78, 5) is 0. The van der Waals surface area contributed by atoms with Crippen LogP contribution in [0.15, 0.2) is 24.3 Å². The number of benzene rings is 1. The van der Waals surface area contributed by atoms with Crippen molar-refractivity contribution in [1.29, 1.82) is 0 Å². The first-order chi connectivity index (χ1) is 7.31. The molecule has 2 atom stereocenters. The van der Waals surface area contributed by atoms with E-state index < -0.39 is 6.10 Å². The summed E-state index contributed by atoms with van der Waals surface area (Å²) in [5.41, 5.74) is 1.69. The second kappa shape index (κ2) is 4.61. The zero-order chi connectivity index (χ0) is 10.7. The van der Waals surface area contributed by atoms with Crippen LogP contribution < -0.4 is 5.32 Å². The molecular formula is C11H15NO3. The topological polar surface area (TPSA) is 61.7 Å². The van der Waals surface area contributed by atoms with E-state index in [-0.39, 0.29) is 12.6 Å². The van der Waals surface area contributed by atoms with Crippen LogP contribution in [-0.4, -0.2) is 35.6 Å².